The molecule has 0 radical (unpaired) electrons. The van der Waals surface area contributed by atoms with Crippen molar-refractivity contribution in [1.29, 1.82) is 0 Å². The number of aromatic nitrogens is 2. The Hall–Kier alpha value is -0.820. The number of hydrogen-bond acceptors (Lipinski definition) is 1. The van der Waals surface area contributed by atoms with Gasteiger partial charge in [0.1, 0.15) is 9.21 Å². The van der Waals surface area contributed by atoms with Gasteiger partial charge in [-0.3, -0.25) is 4.68 Å². The van der Waals surface area contributed by atoms with Crippen LogP contribution in [0.1, 0.15) is 11.1 Å². The minimum Gasteiger partial charge on any atom is -0.253 e. The highest BCUT2D eigenvalue weighted by Crippen LogP contribution is 2.29. The number of hydrogen-bond donors (Lipinski definition) is 0. The molecule has 2 aromatic rings. The van der Waals surface area contributed by atoms with E-state index < -0.39 is 11.7 Å². The van der Waals surface area contributed by atoms with Crippen LogP contribution < -0.4 is 0 Å². The number of benzene rings is 1. The molecule has 96 valence electrons. The van der Waals surface area contributed by atoms with Crippen molar-refractivity contribution < 1.29 is 13.2 Å². The van der Waals surface area contributed by atoms with E-state index in [1.807, 2.05) is 0 Å². The summed E-state index contributed by atoms with van der Waals surface area (Å²) in [6.45, 7) is 0.407. The third-order valence-electron chi connectivity index (χ3n) is 2.31. The van der Waals surface area contributed by atoms with E-state index in [4.69, 9.17) is 0 Å². The zero-order valence-corrected chi connectivity index (χ0v) is 12.1. The minimum absolute atomic E-state index is 0.407. The third-order valence-corrected chi connectivity index (χ3v) is 3.34. The summed E-state index contributed by atoms with van der Waals surface area (Å²) in [5, 5.41) is 4.14. The summed E-state index contributed by atoms with van der Waals surface area (Å²) in [5.74, 6) is 0. The van der Waals surface area contributed by atoms with E-state index in [-0.39, 0.29) is 0 Å². The molecule has 1 aromatic heterocycles. The molecule has 0 N–H and O–H groups in total. The lowest BCUT2D eigenvalue weighted by Gasteiger charge is -2.08. The minimum atomic E-state index is -4.30. The zero-order chi connectivity index (χ0) is 13.3. The predicted octanol–water partition coefficient (Wildman–Crippen LogP) is 4.48. The highest BCUT2D eigenvalue weighted by molar-refractivity contribution is 9.11. The molecule has 0 aliphatic carbocycles. The van der Waals surface area contributed by atoms with Crippen LogP contribution in [0.3, 0.4) is 0 Å². The summed E-state index contributed by atoms with van der Waals surface area (Å²) >= 11 is 6.53. The zero-order valence-electron chi connectivity index (χ0n) is 8.88. The Morgan fingerprint density at radius 3 is 2.17 bits per heavy atom. The maximum absolute atomic E-state index is 12.4. The van der Waals surface area contributed by atoms with Crippen LogP contribution in [0.4, 0.5) is 13.2 Å². The summed E-state index contributed by atoms with van der Waals surface area (Å²) in [6, 6.07) is 6.81. The Morgan fingerprint density at radius 1 is 1.11 bits per heavy atom. The number of halogens is 5. The van der Waals surface area contributed by atoms with Crippen molar-refractivity contribution in [3.63, 3.8) is 0 Å². The van der Waals surface area contributed by atoms with Crippen molar-refractivity contribution in [3.05, 3.63) is 50.7 Å². The van der Waals surface area contributed by atoms with Gasteiger partial charge in [0, 0.05) is 6.07 Å². The quantitative estimate of drug-likeness (QED) is 0.747. The summed E-state index contributed by atoms with van der Waals surface area (Å²) in [6.07, 6.45) is -4.30. The molecule has 0 atom stereocenters. The molecule has 2 rings (SSSR count). The van der Waals surface area contributed by atoms with Crippen LogP contribution in [0, 0.1) is 0 Å². The van der Waals surface area contributed by atoms with Crippen LogP contribution in [0.15, 0.2) is 39.5 Å². The van der Waals surface area contributed by atoms with Crippen LogP contribution >= 0.6 is 31.9 Å². The van der Waals surface area contributed by atoms with Gasteiger partial charge in [0.2, 0.25) is 0 Å². The van der Waals surface area contributed by atoms with Crippen LogP contribution in [0.2, 0.25) is 0 Å². The molecular weight excluding hydrogens is 377 g/mol. The van der Waals surface area contributed by atoms with E-state index in [9.17, 15) is 13.2 Å². The average Bonchev–Trinajstić information content (AvgIpc) is 2.57. The van der Waals surface area contributed by atoms with Crippen molar-refractivity contribution in [3.8, 4) is 0 Å². The van der Waals surface area contributed by atoms with Gasteiger partial charge in [-0.1, -0.05) is 12.1 Å². The van der Waals surface area contributed by atoms with Gasteiger partial charge in [-0.15, -0.1) is 0 Å². The molecule has 0 amide bonds. The first-order valence-electron chi connectivity index (χ1n) is 4.91. The molecule has 0 saturated carbocycles. The fourth-order valence-corrected chi connectivity index (χ4v) is 2.58. The molecule has 2 nitrogen and oxygen atoms in total. The molecule has 0 spiro atoms. The second kappa shape index (κ2) is 5.05. The van der Waals surface area contributed by atoms with Gasteiger partial charge in [0.15, 0.2) is 0 Å². The normalized spacial score (nSPS) is 11.8. The Kier molecular flexibility index (Phi) is 3.82. The molecule has 0 bridgehead atoms. The lowest BCUT2D eigenvalue weighted by atomic mass is 10.1. The topological polar surface area (TPSA) is 17.8 Å². The Balaban J connectivity index is 2.18. The first kappa shape index (κ1) is 13.6. The molecule has 0 saturated heterocycles. The lowest BCUT2D eigenvalue weighted by Crippen LogP contribution is -2.06. The van der Waals surface area contributed by atoms with Gasteiger partial charge in [0.05, 0.1) is 12.1 Å². The molecule has 7 heteroatoms. The van der Waals surface area contributed by atoms with E-state index in [0.29, 0.717) is 11.1 Å². The fraction of sp³-hybridized carbons (Fsp3) is 0.182. The number of alkyl halides is 3. The van der Waals surface area contributed by atoms with E-state index >= 15 is 0 Å². The maximum atomic E-state index is 12.4. The molecular formula is C11H7Br2F3N2. The van der Waals surface area contributed by atoms with E-state index in [0.717, 1.165) is 22.3 Å². The van der Waals surface area contributed by atoms with Crippen molar-refractivity contribution in [2.45, 2.75) is 12.7 Å². The van der Waals surface area contributed by atoms with Crippen molar-refractivity contribution in [2.24, 2.45) is 0 Å². The third kappa shape index (κ3) is 3.14. The van der Waals surface area contributed by atoms with Crippen molar-refractivity contribution >= 4 is 31.9 Å². The Morgan fingerprint density at radius 2 is 1.72 bits per heavy atom. The largest absolute Gasteiger partial charge is 0.416 e. The van der Waals surface area contributed by atoms with Gasteiger partial charge in [-0.2, -0.15) is 18.3 Å². The SMILES string of the molecule is FC(F)(F)c1ccc(Cn2nc(Br)cc2Br)cc1. The molecule has 18 heavy (non-hydrogen) atoms. The monoisotopic (exact) mass is 382 g/mol. The first-order chi connectivity index (χ1) is 8.36. The molecule has 1 heterocycles. The molecule has 0 fully saturated rings. The average molecular weight is 384 g/mol. The van der Waals surface area contributed by atoms with Crippen molar-refractivity contribution in [2.75, 3.05) is 0 Å². The van der Waals surface area contributed by atoms with Crippen LogP contribution in [0.5, 0.6) is 0 Å². The van der Waals surface area contributed by atoms with Crippen LogP contribution in [-0.2, 0) is 12.7 Å². The van der Waals surface area contributed by atoms with Gasteiger partial charge in [0.25, 0.3) is 0 Å². The van der Waals surface area contributed by atoms with Crippen molar-refractivity contribution in [1.82, 2.24) is 9.78 Å². The van der Waals surface area contributed by atoms with E-state index in [1.165, 1.54) is 12.1 Å². The first-order valence-corrected chi connectivity index (χ1v) is 6.50. The Bertz CT molecular complexity index is 546. The summed E-state index contributed by atoms with van der Waals surface area (Å²) in [5.41, 5.74) is 0.103. The van der Waals surface area contributed by atoms with E-state index in [2.05, 4.69) is 37.0 Å². The summed E-state index contributed by atoms with van der Waals surface area (Å²) < 4.78 is 40.2. The summed E-state index contributed by atoms with van der Waals surface area (Å²) in [7, 11) is 0. The van der Waals surface area contributed by atoms with E-state index in [1.54, 1.807) is 10.7 Å². The predicted molar refractivity (Wildman–Crippen MR) is 68.2 cm³/mol. The van der Waals surface area contributed by atoms with Gasteiger partial charge in [-0.25, -0.2) is 0 Å². The van der Waals surface area contributed by atoms with Gasteiger partial charge in [-0.05, 0) is 49.6 Å². The van der Waals surface area contributed by atoms with Gasteiger partial charge >= 0.3 is 6.18 Å². The molecule has 1 aromatic carbocycles. The maximum Gasteiger partial charge on any atom is 0.416 e. The fourth-order valence-electron chi connectivity index (χ4n) is 1.45. The number of nitrogens with zero attached hydrogens (tertiary/aromatic N) is 2. The van der Waals surface area contributed by atoms with Crippen LogP contribution in [-0.4, -0.2) is 9.78 Å². The number of rotatable bonds is 2. The Labute approximate surface area is 118 Å². The highest BCUT2D eigenvalue weighted by Gasteiger charge is 2.29. The lowest BCUT2D eigenvalue weighted by molar-refractivity contribution is -0.137. The molecule has 0 unspecified atom stereocenters. The molecule has 0 aliphatic rings. The molecule has 0 aliphatic heterocycles. The smallest absolute Gasteiger partial charge is 0.253 e. The van der Waals surface area contributed by atoms with Crippen LogP contribution in [0.25, 0.3) is 0 Å². The van der Waals surface area contributed by atoms with Gasteiger partial charge < -0.3 is 0 Å². The second-order valence-electron chi connectivity index (χ2n) is 3.64. The second-order valence-corrected chi connectivity index (χ2v) is 5.27. The standard InChI is InChI=1S/C11H7Br2F3N2/c12-9-5-10(13)18(17-9)6-7-1-3-8(4-2-7)11(14,15)16/h1-5H,6H2. The highest BCUT2D eigenvalue weighted by atomic mass is 79.9. The summed E-state index contributed by atoms with van der Waals surface area (Å²) in [4.78, 5) is 0.